The topological polar surface area (TPSA) is 42.7 Å². The van der Waals surface area contributed by atoms with Gasteiger partial charge in [-0.25, -0.2) is 9.67 Å². The fraction of sp³-hybridized carbons (Fsp3) is 0.529. The molecule has 112 valence electrons. The van der Waals surface area contributed by atoms with E-state index >= 15 is 0 Å². The van der Waals surface area contributed by atoms with Gasteiger partial charge in [0.1, 0.15) is 12.7 Å². The summed E-state index contributed by atoms with van der Waals surface area (Å²) in [5.41, 5.74) is 2.49. The Hall–Kier alpha value is -1.84. The third kappa shape index (κ3) is 3.63. The maximum Gasteiger partial charge on any atom is 0.137 e. The summed E-state index contributed by atoms with van der Waals surface area (Å²) in [6.07, 6.45) is 10.0. The maximum absolute atomic E-state index is 4.14. The van der Waals surface area contributed by atoms with Crippen LogP contribution in [0.4, 0.5) is 5.69 Å². The van der Waals surface area contributed by atoms with E-state index in [4.69, 9.17) is 0 Å². The van der Waals surface area contributed by atoms with Gasteiger partial charge in [-0.2, -0.15) is 5.10 Å². The Labute approximate surface area is 126 Å². The molecule has 2 unspecified atom stereocenters. The van der Waals surface area contributed by atoms with E-state index in [1.807, 2.05) is 4.68 Å². The largest absolute Gasteiger partial charge is 0.382 e. The quantitative estimate of drug-likeness (QED) is 0.910. The molecule has 0 aliphatic heterocycles. The van der Waals surface area contributed by atoms with Crippen molar-refractivity contribution in [3.8, 4) is 0 Å². The number of benzene rings is 1. The van der Waals surface area contributed by atoms with Crippen LogP contribution in [0.15, 0.2) is 36.9 Å². The molecule has 1 saturated carbocycles. The van der Waals surface area contributed by atoms with E-state index in [0.29, 0.717) is 6.04 Å². The monoisotopic (exact) mass is 284 g/mol. The molecule has 1 N–H and O–H groups in total. The SMILES string of the molecule is CCC1CCCCC1Nc1ccc(Cn2cncn2)cc1. The van der Waals surface area contributed by atoms with Crippen molar-refractivity contribution in [2.24, 2.45) is 5.92 Å². The number of nitrogens with one attached hydrogen (secondary N) is 1. The second-order valence-electron chi connectivity index (χ2n) is 5.99. The summed E-state index contributed by atoms with van der Waals surface area (Å²) < 4.78 is 1.84. The minimum absolute atomic E-state index is 0.643. The Kier molecular flexibility index (Phi) is 4.53. The van der Waals surface area contributed by atoms with Crippen molar-refractivity contribution in [2.45, 2.75) is 51.6 Å². The molecule has 1 aliphatic rings. The van der Waals surface area contributed by atoms with E-state index in [1.165, 1.54) is 43.4 Å². The fourth-order valence-corrected chi connectivity index (χ4v) is 3.31. The minimum atomic E-state index is 0.643. The molecular formula is C17H24N4. The van der Waals surface area contributed by atoms with Crippen molar-refractivity contribution in [1.82, 2.24) is 14.8 Å². The number of anilines is 1. The number of nitrogens with zero attached hydrogens (tertiary/aromatic N) is 3. The van der Waals surface area contributed by atoms with Crippen LogP contribution in [-0.4, -0.2) is 20.8 Å². The van der Waals surface area contributed by atoms with E-state index < -0.39 is 0 Å². The van der Waals surface area contributed by atoms with Gasteiger partial charge in [0.15, 0.2) is 0 Å². The molecule has 0 amide bonds. The second-order valence-corrected chi connectivity index (χ2v) is 5.99. The predicted octanol–water partition coefficient (Wildman–Crippen LogP) is 3.71. The van der Waals surface area contributed by atoms with Crippen LogP contribution >= 0.6 is 0 Å². The lowest BCUT2D eigenvalue weighted by molar-refractivity contribution is 0.317. The van der Waals surface area contributed by atoms with Crippen LogP contribution in [0.1, 0.15) is 44.6 Å². The summed E-state index contributed by atoms with van der Waals surface area (Å²) in [4.78, 5) is 3.97. The zero-order valence-electron chi connectivity index (χ0n) is 12.7. The van der Waals surface area contributed by atoms with Gasteiger partial charge in [-0.3, -0.25) is 0 Å². The van der Waals surface area contributed by atoms with Crippen molar-refractivity contribution in [1.29, 1.82) is 0 Å². The van der Waals surface area contributed by atoms with Gasteiger partial charge in [0.25, 0.3) is 0 Å². The average Bonchev–Trinajstić information content (AvgIpc) is 3.03. The molecule has 1 fully saturated rings. The van der Waals surface area contributed by atoms with Gasteiger partial charge in [-0.1, -0.05) is 38.3 Å². The molecular weight excluding hydrogens is 260 g/mol. The molecule has 1 aromatic heterocycles. The van der Waals surface area contributed by atoms with Crippen molar-refractivity contribution in [3.63, 3.8) is 0 Å². The Balaban J connectivity index is 1.61. The minimum Gasteiger partial charge on any atom is -0.382 e. The normalized spacial score (nSPS) is 22.1. The molecule has 2 atom stereocenters. The third-order valence-corrected chi connectivity index (χ3v) is 4.55. The summed E-state index contributed by atoms with van der Waals surface area (Å²) in [6.45, 7) is 3.09. The van der Waals surface area contributed by atoms with Gasteiger partial charge in [-0.05, 0) is 36.5 Å². The molecule has 4 nitrogen and oxygen atoms in total. The lowest BCUT2D eigenvalue weighted by Crippen LogP contribution is -2.31. The molecule has 0 spiro atoms. The molecule has 1 aromatic carbocycles. The van der Waals surface area contributed by atoms with Crippen LogP contribution in [0.25, 0.3) is 0 Å². The molecule has 21 heavy (non-hydrogen) atoms. The van der Waals surface area contributed by atoms with Crippen LogP contribution in [0, 0.1) is 5.92 Å². The van der Waals surface area contributed by atoms with E-state index in [9.17, 15) is 0 Å². The summed E-state index contributed by atoms with van der Waals surface area (Å²) in [5, 5.41) is 7.87. The molecule has 2 aromatic rings. The Morgan fingerprint density at radius 2 is 2.00 bits per heavy atom. The van der Waals surface area contributed by atoms with Gasteiger partial charge in [0.05, 0.1) is 6.54 Å². The highest BCUT2D eigenvalue weighted by Gasteiger charge is 2.23. The Bertz CT molecular complexity index is 532. The van der Waals surface area contributed by atoms with Crippen LogP contribution in [-0.2, 0) is 6.54 Å². The second kappa shape index (κ2) is 6.74. The van der Waals surface area contributed by atoms with E-state index in [1.54, 1.807) is 12.7 Å². The smallest absolute Gasteiger partial charge is 0.137 e. The van der Waals surface area contributed by atoms with Crippen LogP contribution < -0.4 is 5.32 Å². The third-order valence-electron chi connectivity index (χ3n) is 4.55. The number of aromatic nitrogens is 3. The lowest BCUT2D eigenvalue weighted by atomic mass is 9.83. The van der Waals surface area contributed by atoms with Crippen LogP contribution in [0.2, 0.25) is 0 Å². The Morgan fingerprint density at radius 1 is 1.19 bits per heavy atom. The van der Waals surface area contributed by atoms with Crippen molar-refractivity contribution < 1.29 is 0 Å². The van der Waals surface area contributed by atoms with Gasteiger partial charge in [-0.15, -0.1) is 0 Å². The zero-order chi connectivity index (χ0) is 14.5. The molecule has 0 saturated heterocycles. The highest BCUT2D eigenvalue weighted by Crippen LogP contribution is 2.29. The number of hydrogen-bond donors (Lipinski definition) is 1. The number of rotatable bonds is 5. The molecule has 1 aliphatic carbocycles. The molecule has 4 heteroatoms. The van der Waals surface area contributed by atoms with Gasteiger partial charge >= 0.3 is 0 Å². The predicted molar refractivity (Wildman–Crippen MR) is 85.2 cm³/mol. The highest BCUT2D eigenvalue weighted by molar-refractivity contribution is 5.45. The average molecular weight is 284 g/mol. The summed E-state index contributed by atoms with van der Waals surface area (Å²) in [5.74, 6) is 0.827. The highest BCUT2D eigenvalue weighted by atomic mass is 15.3. The van der Waals surface area contributed by atoms with Gasteiger partial charge in [0, 0.05) is 11.7 Å². The summed E-state index contributed by atoms with van der Waals surface area (Å²) in [6, 6.07) is 9.37. The van der Waals surface area contributed by atoms with E-state index in [2.05, 4.69) is 46.6 Å². The lowest BCUT2D eigenvalue weighted by Gasteiger charge is -2.32. The molecule has 0 bridgehead atoms. The standard InChI is InChI=1S/C17H24N4/c1-2-15-5-3-4-6-17(15)20-16-9-7-14(8-10-16)11-21-13-18-12-19-21/h7-10,12-13,15,17,20H,2-6,11H2,1H3. The first-order chi connectivity index (χ1) is 10.3. The summed E-state index contributed by atoms with van der Waals surface area (Å²) >= 11 is 0. The van der Waals surface area contributed by atoms with Gasteiger partial charge in [0.2, 0.25) is 0 Å². The van der Waals surface area contributed by atoms with Crippen LogP contribution in [0.3, 0.4) is 0 Å². The first-order valence-corrected chi connectivity index (χ1v) is 8.03. The van der Waals surface area contributed by atoms with E-state index in [0.717, 1.165) is 12.5 Å². The van der Waals surface area contributed by atoms with E-state index in [-0.39, 0.29) is 0 Å². The molecule has 1 heterocycles. The first kappa shape index (κ1) is 14.1. The Morgan fingerprint density at radius 3 is 2.71 bits per heavy atom. The van der Waals surface area contributed by atoms with Crippen LogP contribution in [0.5, 0.6) is 0 Å². The maximum atomic E-state index is 4.14. The number of hydrogen-bond acceptors (Lipinski definition) is 3. The van der Waals surface area contributed by atoms with Crippen molar-refractivity contribution in [3.05, 3.63) is 42.5 Å². The van der Waals surface area contributed by atoms with Crippen molar-refractivity contribution >= 4 is 5.69 Å². The zero-order valence-corrected chi connectivity index (χ0v) is 12.7. The van der Waals surface area contributed by atoms with Gasteiger partial charge < -0.3 is 5.32 Å². The fourth-order valence-electron chi connectivity index (χ4n) is 3.31. The first-order valence-electron chi connectivity index (χ1n) is 8.03. The summed E-state index contributed by atoms with van der Waals surface area (Å²) in [7, 11) is 0. The molecule has 3 rings (SSSR count). The molecule has 0 radical (unpaired) electrons. The van der Waals surface area contributed by atoms with Crippen molar-refractivity contribution in [2.75, 3.05) is 5.32 Å².